The average Bonchev–Trinajstić information content (AvgIpc) is 3.20. The molecule has 34 heavy (non-hydrogen) atoms. The molecule has 3 aliphatic heterocycles. The van der Waals surface area contributed by atoms with Crippen LogP contribution in [0.3, 0.4) is 0 Å². The maximum absolute atomic E-state index is 10.8. The van der Waals surface area contributed by atoms with Gasteiger partial charge in [0, 0.05) is 62.6 Å². The summed E-state index contributed by atoms with van der Waals surface area (Å²) >= 11 is 0. The minimum absolute atomic E-state index is 0.190. The van der Waals surface area contributed by atoms with Gasteiger partial charge in [0.1, 0.15) is 5.75 Å². The van der Waals surface area contributed by atoms with Crippen molar-refractivity contribution in [2.45, 2.75) is 37.4 Å². The third-order valence-electron chi connectivity index (χ3n) is 7.31. The van der Waals surface area contributed by atoms with Crippen molar-refractivity contribution in [3.63, 3.8) is 0 Å². The Morgan fingerprint density at radius 3 is 2.59 bits per heavy atom. The average molecular weight is 462 g/mol. The number of phenolic OH excluding ortho intramolecular Hbond substituents is 1. The summed E-state index contributed by atoms with van der Waals surface area (Å²) in [5.41, 5.74) is 4.31. The zero-order valence-corrected chi connectivity index (χ0v) is 19.7. The van der Waals surface area contributed by atoms with Gasteiger partial charge in [-0.3, -0.25) is 4.68 Å². The van der Waals surface area contributed by atoms with E-state index in [4.69, 9.17) is 9.84 Å². The molecular formula is C25H31N7O2. The number of hydrogen-bond donors (Lipinski definition) is 2. The number of morpholine rings is 1. The first-order valence-corrected chi connectivity index (χ1v) is 12.1. The summed E-state index contributed by atoms with van der Waals surface area (Å²) in [7, 11) is 4.00. The second-order valence-corrected chi connectivity index (χ2v) is 9.76. The van der Waals surface area contributed by atoms with Crippen molar-refractivity contribution in [3.05, 3.63) is 36.7 Å². The van der Waals surface area contributed by atoms with Gasteiger partial charge < -0.3 is 25.0 Å². The molecule has 3 atom stereocenters. The maximum atomic E-state index is 10.8. The highest BCUT2D eigenvalue weighted by atomic mass is 16.5. The topological polar surface area (TPSA) is 91.6 Å². The fraction of sp³-hybridized carbons (Fsp3) is 0.480. The first-order chi connectivity index (χ1) is 16.5. The number of aromatic hydroxyl groups is 1. The van der Waals surface area contributed by atoms with Gasteiger partial charge in [-0.05, 0) is 43.0 Å². The number of anilines is 2. The van der Waals surface area contributed by atoms with Crippen LogP contribution in [0.25, 0.3) is 22.4 Å². The van der Waals surface area contributed by atoms with Gasteiger partial charge in [-0.15, -0.1) is 10.2 Å². The van der Waals surface area contributed by atoms with Crippen molar-refractivity contribution < 1.29 is 9.84 Å². The predicted octanol–water partition coefficient (Wildman–Crippen LogP) is 2.42. The minimum atomic E-state index is 0.190. The van der Waals surface area contributed by atoms with Gasteiger partial charge in [0.15, 0.2) is 5.82 Å². The summed E-state index contributed by atoms with van der Waals surface area (Å²) in [6.07, 6.45) is 6.91. The van der Waals surface area contributed by atoms with E-state index >= 15 is 0 Å². The van der Waals surface area contributed by atoms with Crippen LogP contribution in [0.4, 0.5) is 11.5 Å². The van der Waals surface area contributed by atoms with E-state index in [0.717, 1.165) is 68.2 Å². The Balaban J connectivity index is 1.33. The van der Waals surface area contributed by atoms with Crippen molar-refractivity contribution in [1.82, 2.24) is 25.3 Å². The Morgan fingerprint density at radius 1 is 1.03 bits per heavy atom. The normalized spacial score (nSPS) is 24.6. The van der Waals surface area contributed by atoms with E-state index in [1.54, 1.807) is 16.9 Å². The molecule has 0 radical (unpaired) electrons. The Kier molecular flexibility index (Phi) is 5.38. The summed E-state index contributed by atoms with van der Waals surface area (Å²) < 4.78 is 7.50. The molecule has 5 heterocycles. The highest BCUT2D eigenvalue weighted by molar-refractivity contribution is 5.78. The molecule has 0 amide bonds. The number of nitrogens with zero attached hydrogens (tertiary/aromatic N) is 6. The molecule has 0 unspecified atom stereocenters. The molecule has 2 bridgehead atoms. The lowest BCUT2D eigenvalue weighted by molar-refractivity contribution is 0.0178. The second-order valence-electron chi connectivity index (χ2n) is 9.76. The Bertz CT molecular complexity index is 1180. The lowest BCUT2D eigenvalue weighted by Gasteiger charge is -2.44. The van der Waals surface area contributed by atoms with Crippen LogP contribution in [0.5, 0.6) is 5.75 Å². The summed E-state index contributed by atoms with van der Waals surface area (Å²) in [5.74, 6) is 1.14. The van der Waals surface area contributed by atoms with Gasteiger partial charge in [0.2, 0.25) is 0 Å². The number of ether oxygens (including phenoxy) is 1. The van der Waals surface area contributed by atoms with E-state index in [1.165, 1.54) is 0 Å². The minimum Gasteiger partial charge on any atom is -0.507 e. The molecule has 2 saturated heterocycles. The van der Waals surface area contributed by atoms with Gasteiger partial charge in [-0.25, -0.2) is 0 Å². The van der Waals surface area contributed by atoms with Crippen LogP contribution >= 0.6 is 0 Å². The molecule has 0 aliphatic carbocycles. The number of hydrogen-bond acceptors (Lipinski definition) is 8. The molecule has 2 fully saturated rings. The Morgan fingerprint density at radius 2 is 1.85 bits per heavy atom. The number of phenols is 1. The maximum Gasteiger partial charge on any atom is 0.175 e. The third kappa shape index (κ3) is 3.88. The van der Waals surface area contributed by atoms with Crippen molar-refractivity contribution in [3.8, 4) is 28.1 Å². The van der Waals surface area contributed by atoms with Crippen LogP contribution in [0.2, 0.25) is 0 Å². The highest BCUT2D eigenvalue weighted by Crippen LogP contribution is 2.38. The van der Waals surface area contributed by atoms with Gasteiger partial charge in [0.05, 0.1) is 30.8 Å². The van der Waals surface area contributed by atoms with Crippen molar-refractivity contribution in [1.29, 1.82) is 0 Å². The van der Waals surface area contributed by atoms with E-state index in [1.807, 2.05) is 25.4 Å². The number of piperidine rings is 1. The molecule has 6 rings (SSSR count). The number of fused-ring (bicyclic) bond motifs is 3. The molecule has 9 nitrogen and oxygen atoms in total. The van der Waals surface area contributed by atoms with Gasteiger partial charge in [-0.1, -0.05) is 6.07 Å². The van der Waals surface area contributed by atoms with Crippen LogP contribution in [-0.2, 0) is 11.8 Å². The monoisotopic (exact) mass is 461 g/mol. The van der Waals surface area contributed by atoms with Crippen molar-refractivity contribution >= 4 is 11.5 Å². The summed E-state index contributed by atoms with van der Waals surface area (Å²) in [4.78, 5) is 4.73. The van der Waals surface area contributed by atoms with Gasteiger partial charge in [-0.2, -0.15) is 5.10 Å². The predicted molar refractivity (Wildman–Crippen MR) is 131 cm³/mol. The SMILES string of the molecule is CN1CCCN([C@@H]2C[C@H]3COC[C@@H](C2)N3)c2nnc(-c3ccc(-c4cnn(C)c4)cc3O)cc21. The summed E-state index contributed by atoms with van der Waals surface area (Å²) in [6.45, 7) is 3.50. The van der Waals surface area contributed by atoms with Crippen LogP contribution < -0.4 is 15.1 Å². The van der Waals surface area contributed by atoms with Gasteiger partial charge in [0.25, 0.3) is 0 Å². The smallest absolute Gasteiger partial charge is 0.175 e. The van der Waals surface area contributed by atoms with Crippen LogP contribution in [0.15, 0.2) is 36.7 Å². The van der Waals surface area contributed by atoms with Crippen LogP contribution in [0.1, 0.15) is 19.3 Å². The zero-order chi connectivity index (χ0) is 23.2. The summed E-state index contributed by atoms with van der Waals surface area (Å²) in [5, 5.41) is 28.1. The highest BCUT2D eigenvalue weighted by Gasteiger charge is 2.37. The number of aryl methyl sites for hydroxylation is 1. The largest absolute Gasteiger partial charge is 0.507 e. The number of rotatable bonds is 3. The van der Waals surface area contributed by atoms with E-state index in [0.29, 0.717) is 29.4 Å². The Hall–Kier alpha value is -3.17. The first-order valence-electron chi connectivity index (χ1n) is 12.1. The first kappa shape index (κ1) is 21.4. The number of nitrogens with one attached hydrogen (secondary N) is 1. The fourth-order valence-corrected chi connectivity index (χ4v) is 5.61. The molecule has 2 N–H and O–H groups in total. The van der Waals surface area contributed by atoms with Crippen LogP contribution in [-0.4, -0.2) is 76.6 Å². The van der Waals surface area contributed by atoms with Gasteiger partial charge >= 0.3 is 0 Å². The standard InChI is InChI=1S/C25H31N7O2/c1-30-6-3-7-32(20-9-18-14-34-15-19(10-20)27-18)25-23(30)11-22(28-29-25)21-5-4-16(8-24(21)33)17-12-26-31(2)13-17/h4-5,8,11-13,18-20,27,33H,3,6-7,9-10,14-15H2,1-2H3/t18-,19+,20+. The van der Waals surface area contributed by atoms with E-state index in [2.05, 4.69) is 38.4 Å². The lowest BCUT2D eigenvalue weighted by atomic mass is 9.91. The van der Waals surface area contributed by atoms with Crippen molar-refractivity contribution in [2.75, 3.05) is 43.2 Å². The van der Waals surface area contributed by atoms with E-state index in [-0.39, 0.29) is 5.75 Å². The molecular weight excluding hydrogens is 430 g/mol. The molecule has 0 saturated carbocycles. The second kappa shape index (κ2) is 8.56. The Labute approximate surface area is 199 Å². The molecule has 3 aliphatic rings. The molecule has 2 aromatic heterocycles. The molecule has 9 heteroatoms. The molecule has 178 valence electrons. The lowest BCUT2D eigenvalue weighted by Crippen LogP contribution is -2.59. The summed E-state index contributed by atoms with van der Waals surface area (Å²) in [6, 6.07) is 8.99. The van der Waals surface area contributed by atoms with Crippen LogP contribution in [0, 0.1) is 0 Å². The van der Waals surface area contributed by atoms with E-state index in [9.17, 15) is 5.11 Å². The number of aromatic nitrogens is 4. The number of benzene rings is 1. The van der Waals surface area contributed by atoms with Crippen molar-refractivity contribution in [2.24, 2.45) is 7.05 Å². The molecule has 1 aromatic carbocycles. The van der Waals surface area contributed by atoms with E-state index < -0.39 is 0 Å². The molecule has 3 aromatic rings. The zero-order valence-electron chi connectivity index (χ0n) is 19.7. The quantitative estimate of drug-likeness (QED) is 0.615. The fourth-order valence-electron chi connectivity index (χ4n) is 5.61. The third-order valence-corrected chi connectivity index (χ3v) is 7.31. The molecule has 0 spiro atoms.